The third kappa shape index (κ3) is 1.05. The highest BCUT2D eigenvalue weighted by Gasteiger charge is 2.10. The molecule has 0 unspecified atom stereocenters. The van der Waals surface area contributed by atoms with Crippen LogP contribution in [0.2, 0.25) is 0 Å². The van der Waals surface area contributed by atoms with Crippen LogP contribution in [0.25, 0.3) is 21.8 Å². The van der Waals surface area contributed by atoms with Gasteiger partial charge in [0.25, 0.3) is 0 Å². The second kappa shape index (κ2) is 2.98. The van der Waals surface area contributed by atoms with Crippen LogP contribution >= 0.6 is 0 Å². The molecule has 0 spiro atoms. The first-order chi connectivity index (χ1) is 7.68. The molecule has 0 fully saturated rings. The number of hydrogen-bond acceptors (Lipinski definition) is 2. The normalized spacial score (nSPS) is 11.4. The van der Waals surface area contributed by atoms with Crippen molar-refractivity contribution in [3.8, 4) is 5.75 Å². The molecule has 0 atom stereocenters. The Hall–Kier alpha value is -2.03. The number of aryl methyl sites for hydroxylation is 2. The summed E-state index contributed by atoms with van der Waals surface area (Å²) in [6, 6.07) is 7.47. The highest BCUT2D eigenvalue weighted by molar-refractivity contribution is 6.08. The van der Waals surface area contributed by atoms with Crippen molar-refractivity contribution in [3.63, 3.8) is 0 Å². The van der Waals surface area contributed by atoms with Gasteiger partial charge in [-0.2, -0.15) is 0 Å². The number of phenolic OH excluding ortho intramolecular Hbond substituents is 1. The van der Waals surface area contributed by atoms with Gasteiger partial charge in [0.15, 0.2) is 0 Å². The molecule has 0 aliphatic carbocycles. The molecule has 0 aliphatic rings. The van der Waals surface area contributed by atoms with Crippen molar-refractivity contribution in [1.82, 2.24) is 9.55 Å². The minimum atomic E-state index is 0.295. The van der Waals surface area contributed by atoms with Crippen molar-refractivity contribution in [2.45, 2.75) is 6.92 Å². The molecule has 16 heavy (non-hydrogen) atoms. The Balaban J connectivity index is 2.64. The zero-order chi connectivity index (χ0) is 11.3. The van der Waals surface area contributed by atoms with Crippen molar-refractivity contribution < 1.29 is 5.11 Å². The van der Waals surface area contributed by atoms with E-state index in [1.807, 2.05) is 32.3 Å². The highest BCUT2D eigenvalue weighted by atomic mass is 16.3. The van der Waals surface area contributed by atoms with Crippen LogP contribution in [0.3, 0.4) is 0 Å². The van der Waals surface area contributed by atoms with Gasteiger partial charge >= 0.3 is 0 Å². The topological polar surface area (TPSA) is 38.1 Å². The Labute approximate surface area is 93.0 Å². The minimum Gasteiger partial charge on any atom is -0.508 e. The summed E-state index contributed by atoms with van der Waals surface area (Å²) in [5.41, 5.74) is 3.17. The number of aromatic nitrogens is 2. The Morgan fingerprint density at radius 1 is 1.19 bits per heavy atom. The van der Waals surface area contributed by atoms with Crippen molar-refractivity contribution in [2.24, 2.45) is 7.05 Å². The number of hydrogen-bond donors (Lipinski definition) is 1. The van der Waals surface area contributed by atoms with E-state index in [4.69, 9.17) is 0 Å². The zero-order valence-electron chi connectivity index (χ0n) is 9.23. The van der Waals surface area contributed by atoms with E-state index in [2.05, 4.69) is 9.55 Å². The zero-order valence-corrected chi connectivity index (χ0v) is 9.23. The van der Waals surface area contributed by atoms with Crippen molar-refractivity contribution in [1.29, 1.82) is 0 Å². The number of pyridine rings is 1. The maximum Gasteiger partial charge on any atom is 0.117 e. The second-order valence-corrected chi connectivity index (χ2v) is 4.05. The first-order valence-corrected chi connectivity index (χ1v) is 5.21. The molecular formula is C13H12N2O. The summed E-state index contributed by atoms with van der Waals surface area (Å²) >= 11 is 0. The lowest BCUT2D eigenvalue weighted by Gasteiger charge is -2.00. The van der Waals surface area contributed by atoms with Crippen LogP contribution in [0, 0.1) is 6.92 Å². The molecule has 3 rings (SSSR count). The number of phenols is 1. The number of fused-ring (bicyclic) bond motifs is 3. The van der Waals surface area contributed by atoms with Crippen molar-refractivity contribution >= 4 is 21.8 Å². The van der Waals surface area contributed by atoms with Gasteiger partial charge in [-0.25, -0.2) is 0 Å². The lowest BCUT2D eigenvalue weighted by atomic mass is 10.1. The molecule has 0 saturated heterocycles. The van der Waals surface area contributed by atoms with E-state index < -0.39 is 0 Å². The maximum atomic E-state index is 9.52. The number of rotatable bonds is 0. The molecule has 2 aromatic heterocycles. The SMILES string of the molecule is Cc1nccc2c3ccc(O)cc3n(C)c12. The van der Waals surface area contributed by atoms with E-state index in [9.17, 15) is 5.11 Å². The lowest BCUT2D eigenvalue weighted by Crippen LogP contribution is -1.90. The van der Waals surface area contributed by atoms with Crippen LogP contribution in [0.15, 0.2) is 30.5 Å². The van der Waals surface area contributed by atoms with Gasteiger partial charge < -0.3 is 9.67 Å². The fourth-order valence-electron chi connectivity index (χ4n) is 2.35. The van der Waals surface area contributed by atoms with E-state index >= 15 is 0 Å². The van der Waals surface area contributed by atoms with Gasteiger partial charge in [0.05, 0.1) is 16.7 Å². The molecule has 0 bridgehead atoms. The molecule has 80 valence electrons. The monoisotopic (exact) mass is 212 g/mol. The molecular weight excluding hydrogens is 200 g/mol. The standard InChI is InChI=1S/C13H12N2O/c1-8-13-11(5-6-14-8)10-4-3-9(16)7-12(10)15(13)2/h3-7,16H,1-2H3. The molecule has 3 heteroatoms. The van der Waals surface area contributed by atoms with Crippen LogP contribution in [-0.4, -0.2) is 14.7 Å². The van der Waals surface area contributed by atoms with Gasteiger partial charge in [-0.1, -0.05) is 0 Å². The Morgan fingerprint density at radius 3 is 2.81 bits per heavy atom. The quantitative estimate of drug-likeness (QED) is 0.622. The molecule has 1 aromatic carbocycles. The third-order valence-corrected chi connectivity index (χ3v) is 3.08. The highest BCUT2D eigenvalue weighted by Crippen LogP contribution is 2.30. The molecule has 3 aromatic rings. The molecule has 0 radical (unpaired) electrons. The summed E-state index contributed by atoms with van der Waals surface area (Å²) in [4.78, 5) is 4.30. The molecule has 0 amide bonds. The average molecular weight is 212 g/mol. The number of nitrogens with zero attached hydrogens (tertiary/aromatic N) is 2. The van der Waals surface area contributed by atoms with Gasteiger partial charge in [-0.15, -0.1) is 0 Å². The summed E-state index contributed by atoms with van der Waals surface area (Å²) < 4.78 is 2.08. The van der Waals surface area contributed by atoms with E-state index in [0.717, 1.165) is 22.1 Å². The first kappa shape index (κ1) is 9.21. The van der Waals surface area contributed by atoms with Gasteiger partial charge in [-0.3, -0.25) is 4.98 Å². The smallest absolute Gasteiger partial charge is 0.117 e. The van der Waals surface area contributed by atoms with Crippen LogP contribution in [-0.2, 0) is 7.05 Å². The second-order valence-electron chi connectivity index (χ2n) is 4.05. The van der Waals surface area contributed by atoms with Crippen molar-refractivity contribution in [2.75, 3.05) is 0 Å². The summed E-state index contributed by atoms with van der Waals surface area (Å²) in [5.74, 6) is 0.295. The van der Waals surface area contributed by atoms with E-state index in [1.54, 1.807) is 12.1 Å². The average Bonchev–Trinajstić information content (AvgIpc) is 2.54. The van der Waals surface area contributed by atoms with E-state index in [-0.39, 0.29) is 0 Å². The summed E-state index contributed by atoms with van der Waals surface area (Å²) in [6.45, 7) is 2.00. The van der Waals surface area contributed by atoms with Crippen LogP contribution < -0.4 is 0 Å². The van der Waals surface area contributed by atoms with Gasteiger partial charge in [0, 0.05) is 30.1 Å². The van der Waals surface area contributed by atoms with E-state index in [0.29, 0.717) is 5.75 Å². The predicted octanol–water partition coefficient (Wildman–Crippen LogP) is 2.74. The van der Waals surface area contributed by atoms with Crippen LogP contribution in [0.5, 0.6) is 5.75 Å². The molecule has 0 saturated carbocycles. The molecule has 2 heterocycles. The van der Waals surface area contributed by atoms with Crippen LogP contribution in [0.4, 0.5) is 0 Å². The van der Waals surface area contributed by atoms with Gasteiger partial charge in [0.2, 0.25) is 0 Å². The third-order valence-electron chi connectivity index (χ3n) is 3.08. The Morgan fingerprint density at radius 2 is 2.00 bits per heavy atom. The van der Waals surface area contributed by atoms with Gasteiger partial charge in [-0.05, 0) is 25.1 Å². The van der Waals surface area contributed by atoms with Gasteiger partial charge in [0.1, 0.15) is 5.75 Å². The number of benzene rings is 1. The van der Waals surface area contributed by atoms with E-state index in [1.165, 1.54) is 5.39 Å². The fourth-order valence-corrected chi connectivity index (χ4v) is 2.35. The maximum absolute atomic E-state index is 9.52. The van der Waals surface area contributed by atoms with Crippen molar-refractivity contribution in [3.05, 3.63) is 36.2 Å². The largest absolute Gasteiger partial charge is 0.508 e. The minimum absolute atomic E-state index is 0.295. The van der Waals surface area contributed by atoms with Crippen LogP contribution in [0.1, 0.15) is 5.69 Å². The summed E-state index contributed by atoms with van der Waals surface area (Å²) in [6.07, 6.45) is 1.82. The number of aromatic hydroxyl groups is 1. The summed E-state index contributed by atoms with van der Waals surface area (Å²) in [5, 5.41) is 11.9. The Kier molecular flexibility index (Phi) is 1.72. The molecule has 0 aliphatic heterocycles. The molecule has 1 N–H and O–H groups in total. The molecule has 3 nitrogen and oxygen atoms in total. The predicted molar refractivity (Wildman–Crippen MR) is 64.6 cm³/mol. The Bertz CT molecular complexity index is 698. The first-order valence-electron chi connectivity index (χ1n) is 5.21. The lowest BCUT2D eigenvalue weighted by molar-refractivity contribution is 0.476. The fraction of sp³-hybridized carbons (Fsp3) is 0.154. The summed E-state index contributed by atoms with van der Waals surface area (Å²) in [7, 11) is 2.00.